The molecule has 0 fully saturated rings. The van der Waals surface area contributed by atoms with Crippen molar-refractivity contribution in [1.82, 2.24) is 0 Å². The van der Waals surface area contributed by atoms with E-state index in [1.807, 2.05) is 0 Å². The van der Waals surface area contributed by atoms with Gasteiger partial charge in [0.1, 0.15) is 13.2 Å². The molecule has 0 aliphatic heterocycles. The minimum absolute atomic E-state index is 0.0736. The average molecular weight is 1160 g/mol. The second-order valence-electron chi connectivity index (χ2n) is 24.5. The van der Waals surface area contributed by atoms with Gasteiger partial charge < -0.3 is 14.2 Å². The predicted octanol–water partition coefficient (Wildman–Crippen LogP) is 25.2. The van der Waals surface area contributed by atoms with Gasteiger partial charge in [0, 0.05) is 19.3 Å². The number of unbranched alkanes of at least 4 members (excludes halogenated alkanes) is 44. The van der Waals surface area contributed by atoms with E-state index in [1.165, 1.54) is 244 Å². The van der Waals surface area contributed by atoms with Gasteiger partial charge in [0.2, 0.25) is 0 Å². The summed E-state index contributed by atoms with van der Waals surface area (Å²) in [6, 6.07) is 0. The lowest BCUT2D eigenvalue weighted by molar-refractivity contribution is -0.167. The fourth-order valence-corrected chi connectivity index (χ4v) is 10.8. The topological polar surface area (TPSA) is 78.9 Å². The van der Waals surface area contributed by atoms with Crippen LogP contribution in [0.4, 0.5) is 0 Å². The van der Waals surface area contributed by atoms with Crippen molar-refractivity contribution in [2.45, 2.75) is 386 Å². The fraction of sp³-hybridized carbons (Fsp3) is 0.805. The summed E-state index contributed by atoms with van der Waals surface area (Å²) in [5, 5.41) is 0. The molecule has 1 unspecified atom stereocenters. The summed E-state index contributed by atoms with van der Waals surface area (Å²) in [6.07, 6.45) is 93.6. The molecule has 6 heteroatoms. The van der Waals surface area contributed by atoms with Crippen LogP contribution >= 0.6 is 0 Å². The molecule has 0 bridgehead atoms. The summed E-state index contributed by atoms with van der Waals surface area (Å²) in [5.41, 5.74) is 0. The van der Waals surface area contributed by atoms with Crippen molar-refractivity contribution in [1.29, 1.82) is 0 Å². The van der Waals surface area contributed by atoms with Crippen LogP contribution in [0, 0.1) is 0 Å². The van der Waals surface area contributed by atoms with Crippen LogP contribution in [0.15, 0.2) is 72.9 Å². The molecule has 0 spiro atoms. The van der Waals surface area contributed by atoms with Crippen LogP contribution in [0.3, 0.4) is 0 Å². The van der Waals surface area contributed by atoms with Crippen molar-refractivity contribution in [3.05, 3.63) is 72.9 Å². The van der Waals surface area contributed by atoms with Gasteiger partial charge in [-0.3, -0.25) is 14.4 Å². The van der Waals surface area contributed by atoms with Crippen LogP contribution in [0.1, 0.15) is 380 Å². The number of hydrogen-bond acceptors (Lipinski definition) is 6. The highest BCUT2D eigenvalue weighted by Crippen LogP contribution is 2.18. The second-order valence-corrected chi connectivity index (χ2v) is 24.5. The summed E-state index contributed by atoms with van der Waals surface area (Å²) in [7, 11) is 0. The highest BCUT2D eigenvalue weighted by molar-refractivity contribution is 5.71. The smallest absolute Gasteiger partial charge is 0.306 e. The first-order valence-electron chi connectivity index (χ1n) is 36.4. The van der Waals surface area contributed by atoms with Gasteiger partial charge in [-0.1, -0.05) is 344 Å². The Balaban J connectivity index is 4.30. The molecule has 0 N–H and O–H groups in total. The molecule has 0 aromatic carbocycles. The van der Waals surface area contributed by atoms with E-state index in [1.54, 1.807) is 0 Å². The van der Waals surface area contributed by atoms with E-state index in [0.29, 0.717) is 19.3 Å². The maximum absolute atomic E-state index is 13.0. The normalized spacial score (nSPS) is 12.5. The zero-order valence-electron chi connectivity index (χ0n) is 55.5. The molecule has 0 amide bonds. The number of carbonyl (C=O) groups excluding carboxylic acids is 3. The van der Waals surface area contributed by atoms with Gasteiger partial charge in [0.25, 0.3) is 0 Å². The van der Waals surface area contributed by atoms with Crippen molar-refractivity contribution in [3.63, 3.8) is 0 Å². The Kier molecular flexibility index (Phi) is 68.6. The molecule has 6 nitrogen and oxygen atoms in total. The fourth-order valence-electron chi connectivity index (χ4n) is 10.8. The van der Waals surface area contributed by atoms with Crippen LogP contribution in [0.2, 0.25) is 0 Å². The maximum Gasteiger partial charge on any atom is 0.306 e. The zero-order chi connectivity index (χ0) is 59.9. The van der Waals surface area contributed by atoms with Gasteiger partial charge in [-0.2, -0.15) is 0 Å². The summed E-state index contributed by atoms with van der Waals surface area (Å²) >= 11 is 0. The van der Waals surface area contributed by atoms with Gasteiger partial charge in [-0.05, 0) is 89.9 Å². The molecule has 0 aromatic heterocycles. The molecule has 0 aliphatic rings. The van der Waals surface area contributed by atoms with Gasteiger partial charge >= 0.3 is 17.9 Å². The first-order chi connectivity index (χ1) is 41.0. The standard InChI is InChI=1S/C77H138O6/c1-4-7-10-13-16-19-22-25-28-31-33-35-36-37-38-39-40-42-43-46-49-52-55-58-61-64-67-70-76(79)82-73-74(72-81-75(78)69-66-63-60-57-54-51-48-45-30-27-24-21-18-15-12-9-6-3)83-77(80)71-68-65-62-59-56-53-50-47-44-41-34-32-29-26-23-20-17-14-11-8-5-2/h7,10,16,18-19,21,25,27-28,30,33,35,74H,4-6,8-9,11-15,17,20,22-24,26,29,31-32,34,36-73H2,1-3H3/b10-7-,19-16-,21-18-,28-25-,30-27-,35-33-. The molecular weight excluding hydrogens is 1020 g/mol. The number of esters is 3. The first kappa shape index (κ1) is 79.8. The van der Waals surface area contributed by atoms with Crippen molar-refractivity contribution in [3.8, 4) is 0 Å². The van der Waals surface area contributed by atoms with E-state index in [4.69, 9.17) is 14.2 Å². The number of hydrogen-bond donors (Lipinski definition) is 0. The maximum atomic E-state index is 13.0. The van der Waals surface area contributed by atoms with Gasteiger partial charge in [-0.25, -0.2) is 0 Å². The van der Waals surface area contributed by atoms with Crippen LogP contribution in [-0.4, -0.2) is 37.2 Å². The van der Waals surface area contributed by atoms with Crippen molar-refractivity contribution in [2.24, 2.45) is 0 Å². The molecule has 1 atom stereocenters. The molecule has 0 radical (unpaired) electrons. The van der Waals surface area contributed by atoms with Gasteiger partial charge in [-0.15, -0.1) is 0 Å². The Labute approximate surface area is 516 Å². The number of ether oxygens (including phenoxy) is 3. The van der Waals surface area contributed by atoms with Crippen molar-refractivity contribution < 1.29 is 28.6 Å². The van der Waals surface area contributed by atoms with E-state index in [0.717, 1.165) is 96.3 Å². The summed E-state index contributed by atoms with van der Waals surface area (Å²) < 4.78 is 17.0. The highest BCUT2D eigenvalue weighted by Gasteiger charge is 2.19. The molecule has 0 heterocycles. The SMILES string of the molecule is CC/C=C\C/C=C\C/C=C\C/C=C\CCCCCCCCCCCCCCCCC(=O)OCC(COC(=O)CCCCCCCCC/C=C\C/C=C\CCCCC)OC(=O)CCCCCCCCCCCCCCCCCCCCCCC. The highest BCUT2D eigenvalue weighted by atomic mass is 16.6. The summed E-state index contributed by atoms with van der Waals surface area (Å²) in [4.78, 5) is 38.5. The van der Waals surface area contributed by atoms with Crippen LogP contribution < -0.4 is 0 Å². The molecule has 83 heavy (non-hydrogen) atoms. The number of allylic oxidation sites excluding steroid dienone is 12. The van der Waals surface area contributed by atoms with Crippen molar-refractivity contribution in [2.75, 3.05) is 13.2 Å². The molecule has 0 saturated heterocycles. The Hall–Kier alpha value is -3.15. The largest absolute Gasteiger partial charge is 0.462 e. The van der Waals surface area contributed by atoms with E-state index in [-0.39, 0.29) is 31.1 Å². The Morgan fingerprint density at radius 1 is 0.253 bits per heavy atom. The predicted molar refractivity (Wildman–Crippen MR) is 362 cm³/mol. The summed E-state index contributed by atoms with van der Waals surface area (Å²) in [6.45, 7) is 6.56. The van der Waals surface area contributed by atoms with E-state index in [9.17, 15) is 14.4 Å². The minimum Gasteiger partial charge on any atom is -0.462 e. The summed E-state index contributed by atoms with van der Waals surface area (Å²) in [5.74, 6) is -0.856. The molecule has 482 valence electrons. The Bertz CT molecular complexity index is 1520. The van der Waals surface area contributed by atoms with Crippen LogP contribution in [0.5, 0.6) is 0 Å². The second kappa shape index (κ2) is 71.3. The zero-order valence-corrected chi connectivity index (χ0v) is 55.5. The molecule has 0 saturated carbocycles. The quantitative estimate of drug-likeness (QED) is 0.0261. The molecular formula is C77H138O6. The lowest BCUT2D eigenvalue weighted by Crippen LogP contribution is -2.30. The third kappa shape index (κ3) is 69.5. The number of rotatable bonds is 67. The monoisotopic (exact) mass is 1160 g/mol. The minimum atomic E-state index is -0.779. The van der Waals surface area contributed by atoms with E-state index >= 15 is 0 Å². The van der Waals surface area contributed by atoms with Gasteiger partial charge in [0.15, 0.2) is 6.10 Å². The van der Waals surface area contributed by atoms with Crippen LogP contribution in [0.25, 0.3) is 0 Å². The van der Waals surface area contributed by atoms with E-state index in [2.05, 4.69) is 93.7 Å². The third-order valence-electron chi connectivity index (χ3n) is 16.2. The third-order valence-corrected chi connectivity index (χ3v) is 16.2. The molecule has 0 aromatic rings. The Morgan fingerprint density at radius 2 is 0.470 bits per heavy atom. The average Bonchev–Trinajstić information content (AvgIpc) is 3.49. The first-order valence-corrected chi connectivity index (χ1v) is 36.4. The molecule has 0 aliphatic carbocycles. The van der Waals surface area contributed by atoms with E-state index < -0.39 is 6.10 Å². The lowest BCUT2D eigenvalue weighted by Gasteiger charge is -2.18. The van der Waals surface area contributed by atoms with Crippen LogP contribution in [-0.2, 0) is 28.6 Å². The van der Waals surface area contributed by atoms with Gasteiger partial charge in [0.05, 0.1) is 0 Å². The number of carbonyl (C=O) groups is 3. The lowest BCUT2D eigenvalue weighted by atomic mass is 10.0. The van der Waals surface area contributed by atoms with Crippen molar-refractivity contribution >= 4 is 17.9 Å². The Morgan fingerprint density at radius 3 is 0.759 bits per heavy atom. The molecule has 0 rings (SSSR count).